The Morgan fingerprint density at radius 3 is 2.54 bits per heavy atom. The molecule has 3 heteroatoms. The van der Waals surface area contributed by atoms with E-state index in [1.165, 1.54) is 30.4 Å². The van der Waals surface area contributed by atoms with Crippen LogP contribution in [0, 0.1) is 6.92 Å². The van der Waals surface area contributed by atoms with Crippen molar-refractivity contribution in [1.82, 2.24) is 0 Å². The molecule has 24 heavy (non-hydrogen) atoms. The molecule has 0 aromatic heterocycles. The van der Waals surface area contributed by atoms with Crippen LogP contribution in [-0.4, -0.2) is 16.2 Å². The summed E-state index contributed by atoms with van der Waals surface area (Å²) in [6.45, 7) is 3.99. The van der Waals surface area contributed by atoms with Crippen LogP contribution >= 0.6 is 0 Å². The van der Waals surface area contributed by atoms with E-state index >= 15 is 0 Å². The fourth-order valence-electron chi connectivity index (χ4n) is 3.69. The summed E-state index contributed by atoms with van der Waals surface area (Å²) in [7, 11) is 0. The standard InChI is InChI=1S/C21H24O3/c1-3-16(21(23)24)15-10-11-19(22)18(12-15)17-9-4-6-13(2)20(17)14-7-5-8-14/h4,6,9-12,14,16,22H,3,5,7-8H2,1-2H3,(H,23,24). The monoisotopic (exact) mass is 324 g/mol. The van der Waals surface area contributed by atoms with Gasteiger partial charge in [0.05, 0.1) is 5.92 Å². The van der Waals surface area contributed by atoms with Gasteiger partial charge in [0, 0.05) is 5.56 Å². The zero-order chi connectivity index (χ0) is 17.3. The number of carboxylic acid groups (broad SMARTS) is 1. The maximum atomic E-state index is 11.5. The maximum Gasteiger partial charge on any atom is 0.310 e. The van der Waals surface area contributed by atoms with E-state index in [-0.39, 0.29) is 5.75 Å². The van der Waals surface area contributed by atoms with Gasteiger partial charge in [-0.25, -0.2) is 0 Å². The van der Waals surface area contributed by atoms with E-state index in [4.69, 9.17) is 0 Å². The van der Waals surface area contributed by atoms with Crippen LogP contribution in [-0.2, 0) is 4.79 Å². The van der Waals surface area contributed by atoms with E-state index in [0.717, 1.165) is 16.7 Å². The van der Waals surface area contributed by atoms with Gasteiger partial charge in [0.25, 0.3) is 0 Å². The molecule has 2 N–H and O–H groups in total. The molecule has 126 valence electrons. The first-order valence-electron chi connectivity index (χ1n) is 8.68. The fraction of sp³-hybridized carbons (Fsp3) is 0.381. The van der Waals surface area contributed by atoms with E-state index in [9.17, 15) is 15.0 Å². The van der Waals surface area contributed by atoms with Crippen molar-refractivity contribution < 1.29 is 15.0 Å². The summed E-state index contributed by atoms with van der Waals surface area (Å²) < 4.78 is 0. The normalized spacial score (nSPS) is 15.8. The first-order chi connectivity index (χ1) is 11.5. The molecule has 1 atom stereocenters. The fourth-order valence-corrected chi connectivity index (χ4v) is 3.69. The van der Waals surface area contributed by atoms with Crippen molar-refractivity contribution >= 4 is 5.97 Å². The topological polar surface area (TPSA) is 57.5 Å². The largest absolute Gasteiger partial charge is 0.507 e. The molecule has 0 bridgehead atoms. The average molecular weight is 324 g/mol. The molecule has 3 rings (SSSR count). The summed E-state index contributed by atoms with van der Waals surface area (Å²) >= 11 is 0. The number of carbonyl (C=O) groups is 1. The first kappa shape index (κ1) is 16.6. The second kappa shape index (κ2) is 6.68. The Morgan fingerprint density at radius 1 is 1.21 bits per heavy atom. The van der Waals surface area contributed by atoms with Crippen LogP contribution in [0.3, 0.4) is 0 Å². The zero-order valence-corrected chi connectivity index (χ0v) is 14.2. The number of carboxylic acids is 1. The van der Waals surface area contributed by atoms with Gasteiger partial charge in [0.1, 0.15) is 5.75 Å². The molecule has 1 aliphatic carbocycles. The highest BCUT2D eigenvalue weighted by molar-refractivity contribution is 5.80. The number of phenolic OH excluding ortho intramolecular Hbond substituents is 1. The quantitative estimate of drug-likeness (QED) is 0.793. The number of benzene rings is 2. The number of aromatic hydroxyl groups is 1. The minimum Gasteiger partial charge on any atom is -0.507 e. The lowest BCUT2D eigenvalue weighted by Gasteiger charge is -2.30. The van der Waals surface area contributed by atoms with Crippen LogP contribution in [0.25, 0.3) is 11.1 Å². The van der Waals surface area contributed by atoms with E-state index in [1.807, 2.05) is 25.1 Å². The average Bonchev–Trinajstić information content (AvgIpc) is 2.49. The molecule has 3 nitrogen and oxygen atoms in total. The van der Waals surface area contributed by atoms with Crippen LogP contribution in [0.15, 0.2) is 36.4 Å². The Morgan fingerprint density at radius 2 is 1.96 bits per heavy atom. The van der Waals surface area contributed by atoms with Crippen molar-refractivity contribution in [2.75, 3.05) is 0 Å². The Hall–Kier alpha value is -2.29. The van der Waals surface area contributed by atoms with E-state index in [2.05, 4.69) is 13.0 Å². The van der Waals surface area contributed by atoms with Gasteiger partial charge in [0.2, 0.25) is 0 Å². The lowest BCUT2D eigenvalue weighted by Crippen LogP contribution is -2.12. The number of hydrogen-bond acceptors (Lipinski definition) is 2. The number of aryl methyl sites for hydroxylation is 1. The van der Waals surface area contributed by atoms with Gasteiger partial charge >= 0.3 is 5.97 Å². The van der Waals surface area contributed by atoms with Gasteiger partial charge in [-0.15, -0.1) is 0 Å². The van der Waals surface area contributed by atoms with Crippen molar-refractivity contribution in [3.8, 4) is 16.9 Å². The summed E-state index contributed by atoms with van der Waals surface area (Å²) in [4.78, 5) is 11.5. The smallest absolute Gasteiger partial charge is 0.310 e. The molecular formula is C21H24O3. The first-order valence-corrected chi connectivity index (χ1v) is 8.68. The second-order valence-corrected chi connectivity index (χ2v) is 6.74. The number of aliphatic carboxylic acids is 1. The summed E-state index contributed by atoms with van der Waals surface area (Å²) in [6, 6.07) is 11.4. The SMILES string of the molecule is CCC(C(=O)O)c1ccc(O)c(-c2cccc(C)c2C2CCC2)c1. The summed E-state index contributed by atoms with van der Waals surface area (Å²) in [5.74, 6) is -0.602. The van der Waals surface area contributed by atoms with Crippen molar-refractivity contribution in [3.63, 3.8) is 0 Å². The predicted molar refractivity (Wildman–Crippen MR) is 95.5 cm³/mol. The summed E-state index contributed by atoms with van der Waals surface area (Å²) in [6.07, 6.45) is 4.15. The van der Waals surface area contributed by atoms with Gasteiger partial charge in [-0.3, -0.25) is 4.79 Å². The maximum absolute atomic E-state index is 11.5. The van der Waals surface area contributed by atoms with Crippen molar-refractivity contribution in [1.29, 1.82) is 0 Å². The van der Waals surface area contributed by atoms with Gasteiger partial charge in [-0.05, 0) is 66.5 Å². The molecule has 1 aliphatic rings. The number of hydrogen-bond donors (Lipinski definition) is 2. The highest BCUT2D eigenvalue weighted by atomic mass is 16.4. The van der Waals surface area contributed by atoms with Crippen molar-refractivity contribution in [2.45, 2.75) is 51.4 Å². The van der Waals surface area contributed by atoms with Crippen molar-refractivity contribution in [3.05, 3.63) is 53.1 Å². The molecule has 0 radical (unpaired) electrons. The van der Waals surface area contributed by atoms with Crippen LogP contribution in [0.1, 0.15) is 61.1 Å². The molecule has 1 unspecified atom stereocenters. The van der Waals surface area contributed by atoms with Gasteiger partial charge in [0.15, 0.2) is 0 Å². The summed E-state index contributed by atoms with van der Waals surface area (Å²) in [5, 5.41) is 19.9. The molecule has 0 saturated heterocycles. The Labute approximate surface area is 143 Å². The van der Waals surface area contributed by atoms with E-state index in [1.54, 1.807) is 12.1 Å². The van der Waals surface area contributed by atoms with E-state index in [0.29, 0.717) is 12.3 Å². The molecule has 0 spiro atoms. The van der Waals surface area contributed by atoms with Gasteiger partial charge in [-0.1, -0.05) is 37.6 Å². The number of rotatable bonds is 5. The van der Waals surface area contributed by atoms with Crippen LogP contribution < -0.4 is 0 Å². The second-order valence-electron chi connectivity index (χ2n) is 6.74. The molecule has 1 fully saturated rings. The molecule has 2 aromatic carbocycles. The third-order valence-corrected chi connectivity index (χ3v) is 5.26. The van der Waals surface area contributed by atoms with Gasteiger partial charge in [-0.2, -0.15) is 0 Å². The molecule has 2 aromatic rings. The third-order valence-electron chi connectivity index (χ3n) is 5.26. The highest BCUT2D eigenvalue weighted by Gasteiger charge is 2.26. The third kappa shape index (κ3) is 2.91. The molecular weight excluding hydrogens is 300 g/mol. The van der Waals surface area contributed by atoms with Gasteiger partial charge < -0.3 is 10.2 Å². The Balaban J connectivity index is 2.13. The van der Waals surface area contributed by atoms with Crippen molar-refractivity contribution in [2.24, 2.45) is 0 Å². The Kier molecular flexibility index (Phi) is 4.61. The van der Waals surface area contributed by atoms with E-state index < -0.39 is 11.9 Å². The zero-order valence-electron chi connectivity index (χ0n) is 14.2. The molecule has 0 amide bonds. The summed E-state index contributed by atoms with van der Waals surface area (Å²) in [5.41, 5.74) is 5.09. The minimum atomic E-state index is -0.822. The molecule has 1 saturated carbocycles. The lowest BCUT2D eigenvalue weighted by atomic mass is 9.75. The highest BCUT2D eigenvalue weighted by Crippen LogP contribution is 2.45. The molecule has 0 heterocycles. The lowest BCUT2D eigenvalue weighted by molar-refractivity contribution is -0.138. The van der Waals surface area contributed by atoms with Crippen LogP contribution in [0.5, 0.6) is 5.75 Å². The number of phenols is 1. The Bertz CT molecular complexity index is 760. The predicted octanol–water partition coefficient (Wildman–Crippen LogP) is 5.21. The molecule has 0 aliphatic heterocycles. The minimum absolute atomic E-state index is 0.213. The van der Waals surface area contributed by atoms with Crippen LogP contribution in [0.2, 0.25) is 0 Å². The van der Waals surface area contributed by atoms with Crippen LogP contribution in [0.4, 0.5) is 0 Å².